The highest BCUT2D eigenvalue weighted by Gasteiger charge is 2.28. The molecule has 0 bridgehead atoms. The number of amides is 1. The highest BCUT2D eigenvalue weighted by atomic mass is 32.1. The quantitative estimate of drug-likeness (QED) is 0.814. The Morgan fingerprint density at radius 2 is 2.25 bits per heavy atom. The molecule has 4 nitrogen and oxygen atoms in total. The van der Waals surface area contributed by atoms with Gasteiger partial charge in [0.05, 0.1) is 11.0 Å². The molecule has 0 saturated carbocycles. The Balaban J connectivity index is 2.17. The van der Waals surface area contributed by atoms with Crippen LogP contribution in [-0.4, -0.2) is 34.9 Å². The lowest BCUT2D eigenvalue weighted by Crippen LogP contribution is -2.47. The van der Waals surface area contributed by atoms with Crippen LogP contribution < -0.4 is 11.1 Å². The highest BCUT2D eigenvalue weighted by Crippen LogP contribution is 2.23. The molecule has 1 aromatic rings. The minimum absolute atomic E-state index is 0.0413. The summed E-state index contributed by atoms with van der Waals surface area (Å²) in [4.78, 5) is 15.0. The van der Waals surface area contributed by atoms with Crippen molar-refractivity contribution in [2.24, 2.45) is 5.73 Å². The summed E-state index contributed by atoms with van der Waals surface area (Å²) in [5.74, 6) is 0.0413. The van der Waals surface area contributed by atoms with E-state index in [1.807, 2.05) is 18.2 Å². The number of carbonyl (C=O) groups excluding carboxylic acids is 1. The number of carbonyl (C=O) groups is 1. The Hall–Kier alpha value is -1.46. The SMILES string of the molecule is CCCN(CC(N)=S)C1CCc2ccccc2NC1=O. The van der Waals surface area contributed by atoms with Crippen LogP contribution in [0.3, 0.4) is 0 Å². The second kappa shape index (κ2) is 6.81. The van der Waals surface area contributed by atoms with Gasteiger partial charge >= 0.3 is 0 Å². The number of nitrogens with zero attached hydrogens (tertiary/aromatic N) is 1. The zero-order valence-electron chi connectivity index (χ0n) is 11.8. The summed E-state index contributed by atoms with van der Waals surface area (Å²) in [6, 6.07) is 7.80. The Morgan fingerprint density at radius 3 is 2.95 bits per heavy atom. The Morgan fingerprint density at radius 1 is 1.50 bits per heavy atom. The zero-order valence-corrected chi connectivity index (χ0v) is 12.6. The second-order valence-corrected chi connectivity index (χ2v) is 5.66. The van der Waals surface area contributed by atoms with Crippen LogP contribution in [0.15, 0.2) is 24.3 Å². The van der Waals surface area contributed by atoms with Gasteiger partial charge in [-0.25, -0.2) is 0 Å². The first-order valence-electron chi connectivity index (χ1n) is 7.03. The molecule has 1 atom stereocenters. The summed E-state index contributed by atoms with van der Waals surface area (Å²) in [6.07, 6.45) is 2.65. The predicted octanol–water partition coefficient (Wildman–Crippen LogP) is 1.94. The molecule has 0 fully saturated rings. The number of hydrogen-bond donors (Lipinski definition) is 2. The molecule has 20 heavy (non-hydrogen) atoms. The number of para-hydroxylation sites is 1. The highest BCUT2D eigenvalue weighted by molar-refractivity contribution is 7.80. The fourth-order valence-corrected chi connectivity index (χ4v) is 2.85. The van der Waals surface area contributed by atoms with Gasteiger partial charge in [0.1, 0.15) is 0 Å². The average Bonchev–Trinajstić information content (AvgIpc) is 2.56. The molecule has 1 aromatic carbocycles. The molecule has 0 saturated heterocycles. The molecule has 0 aliphatic carbocycles. The average molecular weight is 291 g/mol. The normalized spacial score (nSPS) is 18.3. The first kappa shape index (κ1) is 14.9. The lowest BCUT2D eigenvalue weighted by Gasteiger charge is -2.28. The van der Waals surface area contributed by atoms with E-state index in [1.165, 1.54) is 5.56 Å². The molecule has 2 rings (SSSR count). The van der Waals surface area contributed by atoms with Crippen molar-refractivity contribution in [2.45, 2.75) is 32.2 Å². The maximum atomic E-state index is 12.4. The van der Waals surface area contributed by atoms with Gasteiger partial charge in [-0.2, -0.15) is 0 Å². The van der Waals surface area contributed by atoms with Crippen molar-refractivity contribution in [1.82, 2.24) is 4.90 Å². The topological polar surface area (TPSA) is 58.4 Å². The fraction of sp³-hybridized carbons (Fsp3) is 0.467. The van der Waals surface area contributed by atoms with Crippen LogP contribution in [-0.2, 0) is 11.2 Å². The summed E-state index contributed by atoms with van der Waals surface area (Å²) in [6.45, 7) is 3.42. The van der Waals surface area contributed by atoms with E-state index in [0.29, 0.717) is 11.5 Å². The fourth-order valence-electron chi connectivity index (χ4n) is 2.68. The molecule has 3 N–H and O–H groups in total. The van der Waals surface area contributed by atoms with E-state index in [4.69, 9.17) is 18.0 Å². The summed E-state index contributed by atoms with van der Waals surface area (Å²) >= 11 is 5.00. The van der Waals surface area contributed by atoms with Crippen LogP contribution in [0.25, 0.3) is 0 Å². The Labute approximate surface area is 125 Å². The van der Waals surface area contributed by atoms with E-state index in [-0.39, 0.29) is 11.9 Å². The number of thiocarbonyl (C=S) groups is 1. The summed E-state index contributed by atoms with van der Waals surface area (Å²) < 4.78 is 0. The zero-order chi connectivity index (χ0) is 14.5. The van der Waals surface area contributed by atoms with Gasteiger partial charge in [0.25, 0.3) is 0 Å². The van der Waals surface area contributed by atoms with E-state index in [9.17, 15) is 4.79 Å². The van der Waals surface area contributed by atoms with Gasteiger partial charge in [-0.1, -0.05) is 37.3 Å². The lowest BCUT2D eigenvalue weighted by molar-refractivity contribution is -0.121. The molecule has 1 unspecified atom stereocenters. The van der Waals surface area contributed by atoms with Crippen LogP contribution in [0.1, 0.15) is 25.3 Å². The van der Waals surface area contributed by atoms with Gasteiger partial charge in [-0.05, 0) is 37.4 Å². The van der Waals surface area contributed by atoms with Crippen molar-refractivity contribution < 1.29 is 4.79 Å². The smallest absolute Gasteiger partial charge is 0.241 e. The molecule has 5 heteroatoms. The molecule has 1 amide bonds. The third-order valence-corrected chi connectivity index (χ3v) is 3.70. The number of nitrogens with two attached hydrogens (primary N) is 1. The predicted molar refractivity (Wildman–Crippen MR) is 85.8 cm³/mol. The van der Waals surface area contributed by atoms with E-state index >= 15 is 0 Å². The molecule has 108 valence electrons. The number of anilines is 1. The lowest BCUT2D eigenvalue weighted by atomic mass is 10.0. The molecule has 1 aliphatic rings. The first-order valence-corrected chi connectivity index (χ1v) is 7.43. The molecular weight excluding hydrogens is 270 g/mol. The summed E-state index contributed by atoms with van der Waals surface area (Å²) in [7, 11) is 0. The standard InChI is InChI=1S/C15H21N3OS/c1-2-9-18(10-14(16)20)13-8-7-11-5-3-4-6-12(11)17-15(13)19/h3-6,13H,2,7-10H2,1H3,(H2,16,20)(H,17,19). The number of nitrogens with one attached hydrogen (secondary N) is 1. The third-order valence-electron chi connectivity index (χ3n) is 3.58. The van der Waals surface area contributed by atoms with Crippen LogP contribution in [0.5, 0.6) is 0 Å². The van der Waals surface area contributed by atoms with Gasteiger partial charge in [0, 0.05) is 12.2 Å². The summed E-state index contributed by atoms with van der Waals surface area (Å²) in [5.41, 5.74) is 7.77. The van der Waals surface area contributed by atoms with E-state index in [1.54, 1.807) is 0 Å². The van der Waals surface area contributed by atoms with Crippen LogP contribution in [0, 0.1) is 0 Å². The minimum Gasteiger partial charge on any atom is -0.392 e. The summed E-state index contributed by atoms with van der Waals surface area (Å²) in [5, 5.41) is 3.02. The molecule has 0 aromatic heterocycles. The van der Waals surface area contributed by atoms with Crippen molar-refractivity contribution in [3.05, 3.63) is 29.8 Å². The van der Waals surface area contributed by atoms with Gasteiger partial charge in [-0.15, -0.1) is 0 Å². The van der Waals surface area contributed by atoms with Crippen LogP contribution in [0.4, 0.5) is 5.69 Å². The van der Waals surface area contributed by atoms with Crippen molar-refractivity contribution in [3.8, 4) is 0 Å². The second-order valence-electron chi connectivity index (χ2n) is 5.14. The molecule has 0 spiro atoms. The van der Waals surface area contributed by atoms with E-state index in [2.05, 4.69) is 23.2 Å². The first-order chi connectivity index (χ1) is 9.61. The van der Waals surface area contributed by atoms with Crippen molar-refractivity contribution in [2.75, 3.05) is 18.4 Å². The number of benzene rings is 1. The monoisotopic (exact) mass is 291 g/mol. The molecule has 1 heterocycles. The van der Waals surface area contributed by atoms with Gasteiger partial charge in [0.2, 0.25) is 5.91 Å². The maximum Gasteiger partial charge on any atom is 0.241 e. The van der Waals surface area contributed by atoms with Crippen LogP contribution >= 0.6 is 12.2 Å². The maximum absolute atomic E-state index is 12.4. The van der Waals surface area contributed by atoms with Crippen molar-refractivity contribution in [3.63, 3.8) is 0 Å². The minimum atomic E-state index is -0.163. The number of fused-ring (bicyclic) bond motifs is 1. The van der Waals surface area contributed by atoms with Crippen LogP contribution in [0.2, 0.25) is 0 Å². The molecule has 0 radical (unpaired) electrons. The number of rotatable bonds is 5. The van der Waals surface area contributed by atoms with Gasteiger partial charge in [-0.3, -0.25) is 9.69 Å². The Bertz CT molecular complexity index is 504. The third kappa shape index (κ3) is 3.55. The number of aryl methyl sites for hydroxylation is 1. The Kier molecular flexibility index (Phi) is 5.09. The largest absolute Gasteiger partial charge is 0.392 e. The van der Waals surface area contributed by atoms with E-state index < -0.39 is 0 Å². The number of hydrogen-bond acceptors (Lipinski definition) is 3. The van der Waals surface area contributed by atoms with E-state index in [0.717, 1.165) is 31.5 Å². The molecular formula is C15H21N3OS. The molecule has 1 aliphatic heterocycles. The van der Waals surface area contributed by atoms with Crippen molar-refractivity contribution in [1.29, 1.82) is 0 Å². The van der Waals surface area contributed by atoms with Crippen molar-refractivity contribution >= 4 is 28.8 Å². The van der Waals surface area contributed by atoms with Gasteiger partial charge in [0.15, 0.2) is 0 Å². The van der Waals surface area contributed by atoms with Gasteiger partial charge < -0.3 is 11.1 Å².